The van der Waals surface area contributed by atoms with Crippen LogP contribution in [0.5, 0.6) is 0 Å². The van der Waals surface area contributed by atoms with Crippen LogP contribution in [0.4, 0.5) is 0 Å². The molecule has 1 aliphatic rings. The highest BCUT2D eigenvalue weighted by Gasteiger charge is 2.20. The van der Waals surface area contributed by atoms with Crippen LogP contribution in [-0.2, 0) is 13.1 Å². The Labute approximate surface area is 161 Å². The number of imidazole rings is 1. The van der Waals surface area contributed by atoms with Crippen LogP contribution < -0.4 is 5.32 Å². The normalized spacial score (nSPS) is 16.1. The van der Waals surface area contributed by atoms with Gasteiger partial charge in [0.05, 0.1) is 5.69 Å². The molecule has 0 unspecified atom stereocenters. The van der Waals surface area contributed by atoms with Gasteiger partial charge in [0, 0.05) is 71.3 Å². The van der Waals surface area contributed by atoms with E-state index in [0.717, 1.165) is 81.9 Å². The molecule has 0 spiro atoms. The monoisotopic (exact) mass is 373 g/mol. The van der Waals surface area contributed by atoms with Gasteiger partial charge < -0.3 is 19.3 Å². The number of hydrogen-bond donors (Lipinski definition) is 1. The molecule has 27 heavy (non-hydrogen) atoms. The summed E-state index contributed by atoms with van der Waals surface area (Å²) < 4.78 is 7.35. The van der Waals surface area contributed by atoms with Gasteiger partial charge in [0.15, 0.2) is 5.96 Å². The summed E-state index contributed by atoms with van der Waals surface area (Å²) in [6, 6.07) is 2.01. The fourth-order valence-electron chi connectivity index (χ4n) is 3.42. The molecule has 0 radical (unpaired) electrons. The maximum Gasteiger partial charge on any atom is 0.193 e. The molecular formula is C19H31N7O. The Balaban J connectivity index is 1.34. The summed E-state index contributed by atoms with van der Waals surface area (Å²) in [4.78, 5) is 13.5. The second kappa shape index (κ2) is 9.55. The molecule has 148 valence electrons. The van der Waals surface area contributed by atoms with Crippen LogP contribution in [0.25, 0.3) is 0 Å². The van der Waals surface area contributed by atoms with E-state index in [-0.39, 0.29) is 0 Å². The molecule has 1 aliphatic heterocycles. The number of piperazine rings is 1. The molecule has 8 nitrogen and oxygen atoms in total. The quantitative estimate of drug-likeness (QED) is 0.452. The van der Waals surface area contributed by atoms with Crippen LogP contribution in [0.15, 0.2) is 28.0 Å². The molecule has 3 rings (SSSR count). The van der Waals surface area contributed by atoms with Crippen LogP contribution in [0.3, 0.4) is 0 Å². The van der Waals surface area contributed by atoms with E-state index in [9.17, 15) is 0 Å². The lowest BCUT2D eigenvalue weighted by atomic mass is 10.3. The summed E-state index contributed by atoms with van der Waals surface area (Å²) in [7, 11) is 1.86. The standard InChI is InChI=1S/C19H31N7O/c1-16-14-18(23-27-16)15-24-10-12-26(13-11-24)19(20-3)22-6-4-5-8-25-9-7-21-17(25)2/h7,9,14H,4-6,8,10-13,15H2,1-3H3,(H,20,22). The molecule has 0 amide bonds. The molecule has 3 heterocycles. The molecule has 2 aromatic rings. The fourth-order valence-corrected chi connectivity index (χ4v) is 3.42. The zero-order chi connectivity index (χ0) is 19.1. The SMILES string of the molecule is CN=C(NCCCCn1ccnc1C)N1CCN(Cc2cc(C)on2)CC1. The summed E-state index contributed by atoms with van der Waals surface area (Å²) in [6.07, 6.45) is 6.15. The van der Waals surface area contributed by atoms with E-state index < -0.39 is 0 Å². The Morgan fingerprint density at radius 2 is 2.04 bits per heavy atom. The molecule has 0 bridgehead atoms. The third kappa shape index (κ3) is 5.56. The predicted molar refractivity (Wildman–Crippen MR) is 106 cm³/mol. The Kier molecular flexibility index (Phi) is 6.86. The third-order valence-corrected chi connectivity index (χ3v) is 4.98. The van der Waals surface area contributed by atoms with Gasteiger partial charge in [0.1, 0.15) is 11.6 Å². The van der Waals surface area contributed by atoms with Gasteiger partial charge in [-0.1, -0.05) is 5.16 Å². The van der Waals surface area contributed by atoms with Gasteiger partial charge in [-0.2, -0.15) is 0 Å². The third-order valence-electron chi connectivity index (χ3n) is 4.98. The van der Waals surface area contributed by atoms with Crippen molar-refractivity contribution < 1.29 is 4.52 Å². The van der Waals surface area contributed by atoms with Crippen molar-refractivity contribution in [2.24, 2.45) is 4.99 Å². The first-order valence-corrected chi connectivity index (χ1v) is 9.73. The molecule has 1 fully saturated rings. The maximum atomic E-state index is 5.16. The van der Waals surface area contributed by atoms with Crippen molar-refractivity contribution in [3.05, 3.63) is 35.7 Å². The second-order valence-electron chi connectivity index (χ2n) is 7.04. The molecule has 0 saturated carbocycles. The smallest absolute Gasteiger partial charge is 0.193 e. The van der Waals surface area contributed by atoms with E-state index in [2.05, 4.69) is 34.8 Å². The molecule has 2 aromatic heterocycles. The lowest BCUT2D eigenvalue weighted by Crippen LogP contribution is -2.52. The van der Waals surface area contributed by atoms with Gasteiger partial charge in [-0.3, -0.25) is 9.89 Å². The Morgan fingerprint density at radius 3 is 2.67 bits per heavy atom. The number of aromatic nitrogens is 3. The van der Waals surface area contributed by atoms with Crippen molar-refractivity contribution in [1.82, 2.24) is 29.8 Å². The lowest BCUT2D eigenvalue weighted by Gasteiger charge is -2.36. The van der Waals surface area contributed by atoms with Gasteiger partial charge >= 0.3 is 0 Å². The second-order valence-corrected chi connectivity index (χ2v) is 7.04. The van der Waals surface area contributed by atoms with E-state index in [1.54, 1.807) is 0 Å². The van der Waals surface area contributed by atoms with E-state index in [4.69, 9.17) is 4.52 Å². The van der Waals surface area contributed by atoms with Gasteiger partial charge in [0.2, 0.25) is 0 Å². The molecule has 1 N–H and O–H groups in total. The summed E-state index contributed by atoms with van der Waals surface area (Å²) >= 11 is 0. The average Bonchev–Trinajstić information content (AvgIpc) is 3.27. The van der Waals surface area contributed by atoms with E-state index in [0.29, 0.717) is 0 Å². The van der Waals surface area contributed by atoms with Gasteiger partial charge in [-0.05, 0) is 26.7 Å². The fraction of sp³-hybridized carbons (Fsp3) is 0.632. The van der Waals surface area contributed by atoms with E-state index >= 15 is 0 Å². The molecular weight excluding hydrogens is 342 g/mol. The summed E-state index contributed by atoms with van der Waals surface area (Å²) in [5.74, 6) is 2.96. The number of aliphatic imine (C=N–C) groups is 1. The minimum Gasteiger partial charge on any atom is -0.361 e. The van der Waals surface area contributed by atoms with Gasteiger partial charge in [-0.25, -0.2) is 4.98 Å². The minimum atomic E-state index is 0.852. The maximum absolute atomic E-state index is 5.16. The Morgan fingerprint density at radius 1 is 1.22 bits per heavy atom. The van der Waals surface area contributed by atoms with Crippen LogP contribution in [0.2, 0.25) is 0 Å². The van der Waals surface area contributed by atoms with Crippen molar-refractivity contribution in [2.45, 2.75) is 39.8 Å². The first kappa shape index (κ1) is 19.4. The molecule has 1 saturated heterocycles. The van der Waals surface area contributed by atoms with E-state index in [1.165, 1.54) is 0 Å². The highest BCUT2D eigenvalue weighted by atomic mass is 16.5. The summed E-state index contributed by atoms with van der Waals surface area (Å²) in [5, 5.41) is 7.60. The highest BCUT2D eigenvalue weighted by Crippen LogP contribution is 2.09. The summed E-state index contributed by atoms with van der Waals surface area (Å²) in [5.41, 5.74) is 1.01. The van der Waals surface area contributed by atoms with Crippen molar-refractivity contribution >= 4 is 5.96 Å². The van der Waals surface area contributed by atoms with Gasteiger partial charge in [0.25, 0.3) is 0 Å². The van der Waals surface area contributed by atoms with Crippen LogP contribution in [0.1, 0.15) is 30.1 Å². The predicted octanol–water partition coefficient (Wildman–Crippen LogP) is 1.66. The van der Waals surface area contributed by atoms with Crippen LogP contribution in [0, 0.1) is 13.8 Å². The zero-order valence-electron chi connectivity index (χ0n) is 16.7. The number of nitrogens with zero attached hydrogens (tertiary/aromatic N) is 6. The minimum absolute atomic E-state index is 0.852. The topological polar surface area (TPSA) is 74.7 Å². The Bertz CT molecular complexity index is 728. The van der Waals surface area contributed by atoms with Crippen molar-refractivity contribution in [2.75, 3.05) is 39.8 Å². The number of nitrogens with one attached hydrogen (secondary N) is 1. The molecule has 0 aromatic carbocycles. The van der Waals surface area contributed by atoms with Crippen LogP contribution in [-0.4, -0.2) is 70.2 Å². The van der Waals surface area contributed by atoms with Crippen molar-refractivity contribution in [3.63, 3.8) is 0 Å². The largest absolute Gasteiger partial charge is 0.361 e. The lowest BCUT2D eigenvalue weighted by molar-refractivity contribution is 0.169. The summed E-state index contributed by atoms with van der Waals surface area (Å²) in [6.45, 7) is 10.8. The van der Waals surface area contributed by atoms with Crippen molar-refractivity contribution in [3.8, 4) is 0 Å². The zero-order valence-corrected chi connectivity index (χ0v) is 16.7. The molecule has 8 heteroatoms. The molecule has 0 aliphatic carbocycles. The van der Waals surface area contributed by atoms with Crippen LogP contribution >= 0.6 is 0 Å². The number of aryl methyl sites for hydroxylation is 3. The first-order chi connectivity index (χ1) is 13.2. The highest BCUT2D eigenvalue weighted by molar-refractivity contribution is 5.79. The first-order valence-electron chi connectivity index (χ1n) is 9.73. The number of rotatable bonds is 7. The number of hydrogen-bond acceptors (Lipinski definition) is 5. The number of guanidine groups is 1. The molecule has 0 atom stereocenters. The number of unbranched alkanes of at least 4 members (excludes halogenated alkanes) is 1. The Hall–Kier alpha value is -2.35. The van der Waals surface area contributed by atoms with Gasteiger partial charge in [-0.15, -0.1) is 0 Å². The van der Waals surface area contributed by atoms with E-state index in [1.807, 2.05) is 39.4 Å². The van der Waals surface area contributed by atoms with Crippen molar-refractivity contribution in [1.29, 1.82) is 0 Å². The average molecular weight is 374 g/mol.